The van der Waals surface area contributed by atoms with Gasteiger partial charge in [0, 0.05) is 19.4 Å². The van der Waals surface area contributed by atoms with Crippen LogP contribution in [0.3, 0.4) is 0 Å². The molecule has 2 aromatic heterocycles. The van der Waals surface area contributed by atoms with Crippen molar-refractivity contribution in [3.05, 3.63) is 36.3 Å². The lowest BCUT2D eigenvalue weighted by Crippen LogP contribution is -2.39. The fourth-order valence-corrected chi connectivity index (χ4v) is 1.97. The van der Waals surface area contributed by atoms with Gasteiger partial charge in [-0.05, 0) is 26.0 Å². The van der Waals surface area contributed by atoms with Crippen LogP contribution in [-0.4, -0.2) is 38.9 Å². The topological polar surface area (TPSA) is 78.2 Å². The monoisotopic (exact) mass is 290 g/mol. The smallest absolute Gasteiger partial charge is 0.328 e. The quantitative estimate of drug-likeness (QED) is 0.830. The summed E-state index contributed by atoms with van der Waals surface area (Å²) in [5, 5.41) is 6.72. The van der Waals surface area contributed by atoms with Gasteiger partial charge in [-0.25, -0.2) is 4.79 Å². The van der Waals surface area contributed by atoms with E-state index in [4.69, 9.17) is 4.74 Å². The molecule has 2 rings (SSSR count). The average molecular weight is 290 g/mol. The largest absolute Gasteiger partial charge is 0.464 e. The Morgan fingerprint density at radius 1 is 1.38 bits per heavy atom. The van der Waals surface area contributed by atoms with Gasteiger partial charge in [0.1, 0.15) is 17.4 Å². The van der Waals surface area contributed by atoms with Crippen LogP contribution in [0.2, 0.25) is 0 Å². The van der Waals surface area contributed by atoms with Gasteiger partial charge in [-0.2, -0.15) is 5.10 Å². The van der Waals surface area contributed by atoms with Crippen molar-refractivity contribution >= 4 is 11.9 Å². The first-order valence-electron chi connectivity index (χ1n) is 6.67. The lowest BCUT2D eigenvalue weighted by Gasteiger charge is -2.13. The molecule has 1 atom stereocenters. The first kappa shape index (κ1) is 14.8. The molecule has 0 aliphatic carbocycles. The molecule has 1 N–H and O–H groups in total. The first-order valence-corrected chi connectivity index (χ1v) is 6.67. The lowest BCUT2D eigenvalue weighted by molar-refractivity contribution is -0.144. The van der Waals surface area contributed by atoms with E-state index in [1.54, 1.807) is 30.1 Å². The van der Waals surface area contributed by atoms with Crippen molar-refractivity contribution in [1.29, 1.82) is 0 Å². The number of aromatic nitrogens is 3. The van der Waals surface area contributed by atoms with Gasteiger partial charge in [0.15, 0.2) is 0 Å². The van der Waals surface area contributed by atoms with Crippen LogP contribution >= 0.6 is 0 Å². The standard InChI is InChI=1S/C14H18N4O3/c1-4-21-14(20)10(2)16-12(19)11-9-15-17(3)13(11)18-7-5-6-8-18/h5-10H,4H2,1-3H3,(H,16,19). The van der Waals surface area contributed by atoms with Gasteiger partial charge in [0.2, 0.25) is 0 Å². The second-order valence-electron chi connectivity index (χ2n) is 4.54. The maximum absolute atomic E-state index is 12.3. The van der Waals surface area contributed by atoms with E-state index in [0.29, 0.717) is 11.4 Å². The molecule has 0 saturated carbocycles. The first-order chi connectivity index (χ1) is 10.0. The summed E-state index contributed by atoms with van der Waals surface area (Å²) in [4.78, 5) is 23.9. The Balaban J connectivity index is 2.19. The van der Waals surface area contributed by atoms with Crippen LogP contribution in [0.15, 0.2) is 30.7 Å². The molecule has 0 aliphatic rings. The molecule has 0 saturated heterocycles. The maximum atomic E-state index is 12.3. The zero-order valence-corrected chi connectivity index (χ0v) is 12.2. The molecule has 21 heavy (non-hydrogen) atoms. The summed E-state index contributed by atoms with van der Waals surface area (Å²) in [5.41, 5.74) is 0.393. The Labute approximate surface area is 122 Å². The minimum absolute atomic E-state index is 0.278. The summed E-state index contributed by atoms with van der Waals surface area (Å²) < 4.78 is 8.26. The number of carbonyl (C=O) groups excluding carboxylic acids is 2. The molecule has 2 heterocycles. The number of nitrogens with zero attached hydrogens (tertiary/aromatic N) is 3. The Hall–Kier alpha value is -2.57. The van der Waals surface area contributed by atoms with Crippen molar-refractivity contribution in [2.75, 3.05) is 6.61 Å². The molecule has 0 bridgehead atoms. The van der Waals surface area contributed by atoms with E-state index in [0.717, 1.165) is 0 Å². The SMILES string of the molecule is CCOC(=O)C(C)NC(=O)c1cnn(C)c1-n1cccc1. The molecular formula is C14H18N4O3. The molecule has 0 spiro atoms. The average Bonchev–Trinajstić information content (AvgIpc) is 3.07. The highest BCUT2D eigenvalue weighted by atomic mass is 16.5. The van der Waals surface area contributed by atoms with Crippen LogP contribution in [0.1, 0.15) is 24.2 Å². The van der Waals surface area contributed by atoms with Gasteiger partial charge < -0.3 is 14.6 Å². The van der Waals surface area contributed by atoms with E-state index >= 15 is 0 Å². The molecule has 0 aromatic carbocycles. The summed E-state index contributed by atoms with van der Waals surface area (Å²) in [5.74, 6) is -0.196. The van der Waals surface area contributed by atoms with Crippen LogP contribution in [0, 0.1) is 0 Å². The number of aryl methyl sites for hydroxylation is 1. The highest BCUT2D eigenvalue weighted by Gasteiger charge is 2.22. The zero-order chi connectivity index (χ0) is 15.4. The summed E-state index contributed by atoms with van der Waals surface area (Å²) in [6.45, 7) is 3.58. The Morgan fingerprint density at radius 2 is 2.05 bits per heavy atom. The Bertz CT molecular complexity index is 631. The highest BCUT2D eigenvalue weighted by Crippen LogP contribution is 2.14. The van der Waals surface area contributed by atoms with Crippen LogP contribution in [0.25, 0.3) is 5.82 Å². The molecule has 0 radical (unpaired) electrons. The summed E-state index contributed by atoms with van der Waals surface area (Å²) in [6, 6.07) is 3.00. The van der Waals surface area contributed by atoms with Crippen molar-refractivity contribution in [2.24, 2.45) is 7.05 Å². The van der Waals surface area contributed by atoms with E-state index in [2.05, 4.69) is 10.4 Å². The third-order valence-electron chi connectivity index (χ3n) is 2.99. The molecule has 1 unspecified atom stereocenters. The van der Waals surface area contributed by atoms with Crippen molar-refractivity contribution in [3.63, 3.8) is 0 Å². The van der Waals surface area contributed by atoms with Gasteiger partial charge in [0.05, 0.1) is 12.8 Å². The second-order valence-corrected chi connectivity index (χ2v) is 4.54. The normalized spacial score (nSPS) is 12.0. The number of ether oxygens (including phenoxy) is 1. The predicted molar refractivity (Wildman–Crippen MR) is 76.1 cm³/mol. The lowest BCUT2D eigenvalue weighted by atomic mass is 10.2. The van der Waals surface area contributed by atoms with Crippen molar-refractivity contribution in [3.8, 4) is 5.82 Å². The van der Waals surface area contributed by atoms with E-state index in [9.17, 15) is 9.59 Å². The molecule has 7 nitrogen and oxygen atoms in total. The van der Waals surface area contributed by atoms with E-state index in [-0.39, 0.29) is 12.5 Å². The molecule has 0 aliphatic heterocycles. The summed E-state index contributed by atoms with van der Waals surface area (Å²) >= 11 is 0. The molecule has 112 valence electrons. The highest BCUT2D eigenvalue weighted by molar-refractivity contribution is 5.99. The number of hydrogen-bond acceptors (Lipinski definition) is 4. The molecule has 1 amide bonds. The Morgan fingerprint density at radius 3 is 2.67 bits per heavy atom. The third-order valence-corrected chi connectivity index (χ3v) is 2.99. The number of hydrogen-bond donors (Lipinski definition) is 1. The third kappa shape index (κ3) is 3.13. The number of amides is 1. The zero-order valence-electron chi connectivity index (χ0n) is 12.2. The van der Waals surface area contributed by atoms with E-state index in [1.807, 2.05) is 24.5 Å². The van der Waals surface area contributed by atoms with Gasteiger partial charge in [-0.3, -0.25) is 9.48 Å². The van der Waals surface area contributed by atoms with Crippen molar-refractivity contribution in [2.45, 2.75) is 19.9 Å². The fourth-order valence-electron chi connectivity index (χ4n) is 1.97. The van der Waals surface area contributed by atoms with Crippen molar-refractivity contribution in [1.82, 2.24) is 19.7 Å². The van der Waals surface area contributed by atoms with E-state index in [1.165, 1.54) is 6.20 Å². The Kier molecular flexibility index (Phi) is 4.42. The van der Waals surface area contributed by atoms with E-state index < -0.39 is 12.0 Å². The number of nitrogens with one attached hydrogen (secondary N) is 1. The van der Waals surface area contributed by atoms with Crippen molar-refractivity contribution < 1.29 is 14.3 Å². The fraction of sp³-hybridized carbons (Fsp3) is 0.357. The van der Waals surface area contributed by atoms with Crippen LogP contribution in [-0.2, 0) is 16.6 Å². The van der Waals surface area contributed by atoms with Crippen LogP contribution in [0.4, 0.5) is 0 Å². The molecule has 0 fully saturated rings. The summed E-state index contributed by atoms with van der Waals surface area (Å²) in [7, 11) is 1.75. The minimum atomic E-state index is -0.713. The van der Waals surface area contributed by atoms with Gasteiger partial charge in [-0.1, -0.05) is 0 Å². The van der Waals surface area contributed by atoms with Crippen LogP contribution in [0.5, 0.6) is 0 Å². The van der Waals surface area contributed by atoms with Gasteiger partial charge >= 0.3 is 5.97 Å². The number of carbonyl (C=O) groups is 2. The minimum Gasteiger partial charge on any atom is -0.464 e. The van der Waals surface area contributed by atoms with Gasteiger partial charge in [0.25, 0.3) is 5.91 Å². The van der Waals surface area contributed by atoms with Crippen LogP contribution < -0.4 is 5.32 Å². The predicted octanol–water partition coefficient (Wildman–Crippen LogP) is 0.892. The number of esters is 1. The van der Waals surface area contributed by atoms with Gasteiger partial charge in [-0.15, -0.1) is 0 Å². The number of rotatable bonds is 5. The molecule has 7 heteroatoms. The second kappa shape index (κ2) is 6.25. The maximum Gasteiger partial charge on any atom is 0.328 e. The molecular weight excluding hydrogens is 272 g/mol. The molecule has 2 aromatic rings. The summed E-state index contributed by atoms with van der Waals surface area (Å²) in [6.07, 6.45) is 5.12.